The van der Waals surface area contributed by atoms with Crippen molar-refractivity contribution in [1.82, 2.24) is 0 Å². The molecule has 7 nitrogen and oxygen atoms in total. The highest BCUT2D eigenvalue weighted by Gasteiger charge is 2.30. The van der Waals surface area contributed by atoms with Crippen molar-refractivity contribution < 1.29 is 19.5 Å². The van der Waals surface area contributed by atoms with Crippen LogP contribution in [-0.4, -0.2) is 40.9 Å². The fourth-order valence-corrected chi connectivity index (χ4v) is 0.791. The van der Waals surface area contributed by atoms with Crippen LogP contribution < -0.4 is 5.73 Å². The van der Waals surface area contributed by atoms with Crippen LogP contribution in [0.25, 0.3) is 0 Å². The van der Waals surface area contributed by atoms with E-state index in [9.17, 15) is 14.4 Å². The molecule has 2 amide bonds. The fourth-order valence-electron chi connectivity index (χ4n) is 0.791. The Morgan fingerprint density at radius 3 is 2.62 bits per heavy atom. The molecule has 1 heterocycles. The predicted octanol–water partition coefficient (Wildman–Crippen LogP) is -2.02. The van der Waals surface area contributed by atoms with E-state index in [0.717, 1.165) is 6.21 Å². The van der Waals surface area contributed by atoms with Crippen LogP contribution in [0.3, 0.4) is 0 Å². The van der Waals surface area contributed by atoms with Gasteiger partial charge < -0.3 is 10.8 Å². The SMILES string of the molecule is NC(=O)C1N=CC(=O)N=C1C(=O)O. The molecule has 1 aliphatic heterocycles. The number of carbonyl (C=O) groups is 3. The Hall–Kier alpha value is -2.05. The molecule has 1 rings (SSSR count). The van der Waals surface area contributed by atoms with Gasteiger partial charge in [-0.15, -0.1) is 0 Å². The Balaban J connectivity index is 3.05. The van der Waals surface area contributed by atoms with Gasteiger partial charge in [-0.1, -0.05) is 0 Å². The number of amides is 2. The van der Waals surface area contributed by atoms with Crippen molar-refractivity contribution in [2.45, 2.75) is 6.04 Å². The number of aliphatic carboxylic acids is 1. The molecule has 0 aromatic carbocycles. The first-order valence-corrected chi connectivity index (χ1v) is 3.20. The van der Waals surface area contributed by atoms with Crippen LogP contribution >= 0.6 is 0 Å². The number of carboxylic acids is 1. The number of primary amides is 1. The van der Waals surface area contributed by atoms with E-state index in [2.05, 4.69) is 9.98 Å². The van der Waals surface area contributed by atoms with Crippen LogP contribution in [-0.2, 0) is 14.4 Å². The van der Waals surface area contributed by atoms with Crippen molar-refractivity contribution in [3.05, 3.63) is 0 Å². The van der Waals surface area contributed by atoms with Gasteiger partial charge in [-0.25, -0.2) is 9.79 Å². The summed E-state index contributed by atoms with van der Waals surface area (Å²) in [4.78, 5) is 38.1. The molecule has 0 bridgehead atoms. The predicted molar refractivity (Wildman–Crippen MR) is 41.6 cm³/mol. The Morgan fingerprint density at radius 2 is 2.15 bits per heavy atom. The second-order valence-electron chi connectivity index (χ2n) is 2.22. The van der Waals surface area contributed by atoms with Crippen molar-refractivity contribution in [1.29, 1.82) is 0 Å². The summed E-state index contributed by atoms with van der Waals surface area (Å²) in [6, 6.07) is -1.37. The molecule has 0 fully saturated rings. The monoisotopic (exact) mass is 183 g/mol. The molecular weight excluding hydrogens is 178 g/mol. The molecule has 0 spiro atoms. The molecule has 0 aromatic rings. The van der Waals surface area contributed by atoms with Gasteiger partial charge in [0.1, 0.15) is 0 Å². The maximum absolute atomic E-state index is 10.6. The molecule has 1 atom stereocenters. The van der Waals surface area contributed by atoms with Crippen molar-refractivity contribution in [3.8, 4) is 0 Å². The normalized spacial score (nSPS) is 21.1. The van der Waals surface area contributed by atoms with Gasteiger partial charge in [0.05, 0.1) is 6.21 Å². The summed E-state index contributed by atoms with van der Waals surface area (Å²) in [6.07, 6.45) is 0.766. The number of rotatable bonds is 2. The van der Waals surface area contributed by atoms with Gasteiger partial charge in [0.15, 0.2) is 11.8 Å². The lowest BCUT2D eigenvalue weighted by Crippen LogP contribution is -2.41. The summed E-state index contributed by atoms with van der Waals surface area (Å²) < 4.78 is 0. The Morgan fingerprint density at radius 1 is 1.54 bits per heavy atom. The number of nitrogens with zero attached hydrogens (tertiary/aromatic N) is 2. The second kappa shape index (κ2) is 3.13. The third kappa shape index (κ3) is 1.75. The minimum absolute atomic E-state index is 0.639. The molecule has 13 heavy (non-hydrogen) atoms. The molecule has 0 aliphatic carbocycles. The van der Waals surface area contributed by atoms with Crippen LogP contribution in [0.5, 0.6) is 0 Å². The van der Waals surface area contributed by atoms with E-state index in [-0.39, 0.29) is 0 Å². The smallest absolute Gasteiger partial charge is 0.353 e. The lowest BCUT2D eigenvalue weighted by atomic mass is 10.1. The number of aliphatic imine (C=N–C) groups is 2. The summed E-state index contributed by atoms with van der Waals surface area (Å²) in [6.45, 7) is 0. The molecule has 1 unspecified atom stereocenters. The third-order valence-corrected chi connectivity index (χ3v) is 1.31. The Labute approximate surface area is 72.0 Å². The second-order valence-corrected chi connectivity index (χ2v) is 2.22. The van der Waals surface area contributed by atoms with Crippen LogP contribution in [0, 0.1) is 0 Å². The highest BCUT2D eigenvalue weighted by atomic mass is 16.4. The maximum atomic E-state index is 10.6. The molecule has 7 heteroatoms. The summed E-state index contributed by atoms with van der Waals surface area (Å²) in [7, 11) is 0. The van der Waals surface area contributed by atoms with E-state index in [4.69, 9.17) is 10.8 Å². The van der Waals surface area contributed by atoms with E-state index in [1.54, 1.807) is 0 Å². The van der Waals surface area contributed by atoms with Gasteiger partial charge >= 0.3 is 5.97 Å². The van der Waals surface area contributed by atoms with Gasteiger partial charge in [-0.2, -0.15) is 0 Å². The van der Waals surface area contributed by atoms with Crippen molar-refractivity contribution in [2.75, 3.05) is 0 Å². The topological polar surface area (TPSA) is 122 Å². The maximum Gasteiger partial charge on any atom is 0.353 e. The highest BCUT2D eigenvalue weighted by Crippen LogP contribution is 2.00. The molecule has 0 saturated heterocycles. The summed E-state index contributed by atoms with van der Waals surface area (Å²) in [5.41, 5.74) is 4.19. The molecular formula is C6H5N3O4. The zero-order chi connectivity index (χ0) is 10.0. The number of carboxylic acid groups (broad SMARTS) is 1. The molecule has 0 aromatic heterocycles. The standard InChI is InChI=1S/C6H5N3O4/c7-5(11)3-4(6(12)13)9-2(10)1-8-3/h1,3H,(H2,7,11)(H,12,13). The number of nitrogens with two attached hydrogens (primary N) is 1. The zero-order valence-electron chi connectivity index (χ0n) is 6.30. The average molecular weight is 183 g/mol. The number of carbonyl (C=O) groups excluding carboxylic acids is 2. The van der Waals surface area contributed by atoms with Crippen LogP contribution in [0.1, 0.15) is 0 Å². The minimum Gasteiger partial charge on any atom is -0.477 e. The Bertz CT molecular complexity index is 344. The van der Waals surface area contributed by atoms with E-state index in [1.807, 2.05) is 0 Å². The van der Waals surface area contributed by atoms with E-state index in [0.29, 0.717) is 0 Å². The summed E-state index contributed by atoms with van der Waals surface area (Å²) in [5.74, 6) is -3.24. The Kier molecular flexibility index (Phi) is 2.18. The average Bonchev–Trinajstić information content (AvgIpc) is 2.03. The summed E-state index contributed by atoms with van der Waals surface area (Å²) in [5, 5.41) is 8.51. The van der Waals surface area contributed by atoms with Crippen LogP contribution in [0.15, 0.2) is 9.98 Å². The van der Waals surface area contributed by atoms with Crippen LogP contribution in [0.2, 0.25) is 0 Å². The van der Waals surface area contributed by atoms with Gasteiger partial charge in [-0.05, 0) is 0 Å². The van der Waals surface area contributed by atoms with Gasteiger partial charge in [-0.3, -0.25) is 14.6 Å². The van der Waals surface area contributed by atoms with Gasteiger partial charge in [0, 0.05) is 0 Å². The lowest BCUT2D eigenvalue weighted by Gasteiger charge is -2.09. The van der Waals surface area contributed by atoms with E-state index < -0.39 is 29.5 Å². The van der Waals surface area contributed by atoms with Crippen LogP contribution in [0.4, 0.5) is 0 Å². The fraction of sp³-hybridized carbons (Fsp3) is 0.167. The molecule has 3 N–H and O–H groups in total. The molecule has 1 aliphatic rings. The highest BCUT2D eigenvalue weighted by molar-refractivity contribution is 6.48. The molecule has 0 radical (unpaired) electrons. The lowest BCUT2D eigenvalue weighted by molar-refractivity contribution is -0.130. The third-order valence-electron chi connectivity index (χ3n) is 1.31. The first kappa shape index (κ1) is 9.04. The van der Waals surface area contributed by atoms with Gasteiger partial charge in [0.25, 0.3) is 5.91 Å². The zero-order valence-corrected chi connectivity index (χ0v) is 6.30. The van der Waals surface area contributed by atoms with Crippen molar-refractivity contribution in [3.63, 3.8) is 0 Å². The van der Waals surface area contributed by atoms with Gasteiger partial charge in [0.2, 0.25) is 5.91 Å². The van der Waals surface area contributed by atoms with E-state index >= 15 is 0 Å². The minimum atomic E-state index is -1.48. The molecule has 68 valence electrons. The first-order valence-electron chi connectivity index (χ1n) is 3.20. The largest absolute Gasteiger partial charge is 0.477 e. The molecule has 0 saturated carbocycles. The quantitative estimate of drug-likeness (QED) is 0.512. The van der Waals surface area contributed by atoms with Crippen molar-refractivity contribution >= 4 is 29.7 Å². The summed E-state index contributed by atoms with van der Waals surface area (Å²) >= 11 is 0. The number of hydrogen-bond donors (Lipinski definition) is 2. The first-order chi connectivity index (χ1) is 6.02. The van der Waals surface area contributed by atoms with Crippen molar-refractivity contribution in [2.24, 2.45) is 15.7 Å². The number of hydrogen-bond acceptors (Lipinski definition) is 4. The van der Waals surface area contributed by atoms with E-state index in [1.165, 1.54) is 0 Å².